The fraction of sp³-hybridized carbons (Fsp3) is 0.462. The molecule has 0 unspecified atom stereocenters. The second kappa shape index (κ2) is 5.09. The number of aromatic nitrogens is 2. The molecule has 1 N–H and O–H groups in total. The lowest BCUT2D eigenvalue weighted by Crippen LogP contribution is -2.02. The summed E-state index contributed by atoms with van der Waals surface area (Å²) in [6.45, 7) is 1.86. The number of carboxylic acids is 1. The second-order valence-electron chi connectivity index (χ2n) is 4.65. The molecule has 2 heterocycles. The first-order valence-electron chi connectivity index (χ1n) is 6.28. The molecule has 1 aliphatic carbocycles. The molecule has 0 saturated carbocycles. The molecule has 0 aromatic carbocycles. The van der Waals surface area contributed by atoms with Gasteiger partial charge in [0.2, 0.25) is 0 Å². The lowest BCUT2D eigenvalue weighted by molar-refractivity contribution is -0.133. The lowest BCUT2D eigenvalue weighted by atomic mass is 9.97. The van der Waals surface area contributed by atoms with E-state index in [4.69, 9.17) is 5.11 Å². The Balaban J connectivity index is 2.13. The van der Waals surface area contributed by atoms with Crippen LogP contribution in [0.2, 0.25) is 0 Å². The van der Waals surface area contributed by atoms with Gasteiger partial charge in [-0.25, -0.2) is 9.97 Å². The SMILES string of the molecule is Cc1nc(SCC(=O)O)c2c3c(sc2n1)CCCC3. The van der Waals surface area contributed by atoms with E-state index in [2.05, 4.69) is 9.97 Å². The van der Waals surface area contributed by atoms with Gasteiger partial charge in [-0.3, -0.25) is 4.79 Å². The number of thiophene rings is 1. The standard InChI is InChI=1S/C13H14N2O2S2/c1-7-14-12(18-6-10(16)17)11-8-4-2-3-5-9(8)19-13(11)15-7/h2-6H2,1H3,(H,16,17). The molecule has 1 aliphatic rings. The maximum atomic E-state index is 10.8. The van der Waals surface area contributed by atoms with Crippen LogP contribution in [0.5, 0.6) is 0 Å². The summed E-state index contributed by atoms with van der Waals surface area (Å²) in [5.41, 5.74) is 1.36. The first-order valence-corrected chi connectivity index (χ1v) is 8.09. The van der Waals surface area contributed by atoms with Crippen LogP contribution >= 0.6 is 23.1 Å². The molecular formula is C13H14N2O2S2. The van der Waals surface area contributed by atoms with Crippen LogP contribution in [0.4, 0.5) is 0 Å². The van der Waals surface area contributed by atoms with Gasteiger partial charge in [0.1, 0.15) is 15.7 Å². The minimum Gasteiger partial charge on any atom is -0.481 e. The number of thioether (sulfide) groups is 1. The van der Waals surface area contributed by atoms with Crippen LogP contribution in [0.15, 0.2) is 5.03 Å². The van der Waals surface area contributed by atoms with E-state index in [1.807, 2.05) is 6.92 Å². The number of rotatable bonds is 3. The predicted octanol–water partition coefficient (Wildman–Crippen LogP) is 3.06. The summed E-state index contributed by atoms with van der Waals surface area (Å²) >= 11 is 3.06. The summed E-state index contributed by atoms with van der Waals surface area (Å²) in [6.07, 6.45) is 4.64. The highest BCUT2D eigenvalue weighted by atomic mass is 32.2. The van der Waals surface area contributed by atoms with E-state index < -0.39 is 5.97 Å². The number of nitrogens with zero attached hydrogens (tertiary/aromatic N) is 2. The summed E-state index contributed by atoms with van der Waals surface area (Å²) in [5, 5.41) is 10.8. The van der Waals surface area contributed by atoms with Crippen LogP contribution < -0.4 is 0 Å². The van der Waals surface area contributed by atoms with Crippen molar-refractivity contribution in [1.29, 1.82) is 0 Å². The number of aliphatic carboxylic acids is 1. The van der Waals surface area contributed by atoms with Crippen LogP contribution in [0.3, 0.4) is 0 Å². The Morgan fingerprint density at radius 1 is 1.37 bits per heavy atom. The number of hydrogen-bond acceptors (Lipinski definition) is 5. The molecule has 100 valence electrons. The van der Waals surface area contributed by atoms with Crippen LogP contribution in [0.25, 0.3) is 10.2 Å². The smallest absolute Gasteiger partial charge is 0.313 e. The van der Waals surface area contributed by atoms with E-state index in [0.717, 1.165) is 33.9 Å². The van der Waals surface area contributed by atoms with Gasteiger partial charge < -0.3 is 5.11 Å². The van der Waals surface area contributed by atoms with Gasteiger partial charge in [-0.1, -0.05) is 11.8 Å². The predicted molar refractivity (Wildman–Crippen MR) is 77.2 cm³/mol. The van der Waals surface area contributed by atoms with Crippen LogP contribution in [-0.4, -0.2) is 26.8 Å². The van der Waals surface area contributed by atoms with Crippen molar-refractivity contribution in [2.24, 2.45) is 0 Å². The van der Waals surface area contributed by atoms with Crippen molar-refractivity contribution in [2.75, 3.05) is 5.75 Å². The number of aryl methyl sites for hydroxylation is 3. The maximum absolute atomic E-state index is 10.8. The molecule has 3 rings (SSSR count). The van der Waals surface area contributed by atoms with Gasteiger partial charge in [-0.2, -0.15) is 0 Å². The average Bonchev–Trinajstić information content (AvgIpc) is 2.73. The molecule has 0 amide bonds. The Morgan fingerprint density at radius 2 is 2.16 bits per heavy atom. The third-order valence-electron chi connectivity index (χ3n) is 3.23. The highest BCUT2D eigenvalue weighted by molar-refractivity contribution is 8.00. The molecule has 0 fully saturated rings. The summed E-state index contributed by atoms with van der Waals surface area (Å²) in [6, 6.07) is 0. The molecule has 19 heavy (non-hydrogen) atoms. The van der Waals surface area contributed by atoms with Crippen LogP contribution in [0, 0.1) is 6.92 Å². The quantitative estimate of drug-likeness (QED) is 0.696. The normalized spacial score (nSPS) is 14.6. The van der Waals surface area contributed by atoms with Gasteiger partial charge in [-0.05, 0) is 38.2 Å². The van der Waals surface area contributed by atoms with E-state index in [-0.39, 0.29) is 5.75 Å². The van der Waals surface area contributed by atoms with Crippen molar-refractivity contribution in [3.05, 3.63) is 16.3 Å². The van der Waals surface area contributed by atoms with Crippen molar-refractivity contribution in [2.45, 2.75) is 37.6 Å². The Morgan fingerprint density at radius 3 is 2.95 bits per heavy atom. The zero-order valence-electron chi connectivity index (χ0n) is 10.6. The molecule has 0 aliphatic heterocycles. The van der Waals surface area contributed by atoms with Gasteiger partial charge in [0, 0.05) is 10.3 Å². The van der Waals surface area contributed by atoms with Gasteiger partial charge >= 0.3 is 5.97 Å². The third kappa shape index (κ3) is 2.47. The van der Waals surface area contributed by atoms with Crippen molar-refractivity contribution >= 4 is 39.3 Å². The minimum atomic E-state index is -0.807. The van der Waals surface area contributed by atoms with E-state index in [9.17, 15) is 4.79 Å². The van der Waals surface area contributed by atoms with E-state index in [0.29, 0.717) is 0 Å². The monoisotopic (exact) mass is 294 g/mol. The third-order valence-corrected chi connectivity index (χ3v) is 5.37. The number of carboxylic acid groups (broad SMARTS) is 1. The fourth-order valence-corrected chi connectivity index (χ4v) is 4.65. The Hall–Kier alpha value is -1.14. The van der Waals surface area contributed by atoms with Crippen molar-refractivity contribution < 1.29 is 9.90 Å². The number of carbonyl (C=O) groups is 1. The van der Waals surface area contributed by atoms with Gasteiger partial charge in [-0.15, -0.1) is 11.3 Å². The lowest BCUT2D eigenvalue weighted by Gasteiger charge is -2.11. The molecule has 0 radical (unpaired) electrons. The molecule has 2 aromatic rings. The van der Waals surface area contributed by atoms with Gasteiger partial charge in [0.25, 0.3) is 0 Å². The fourth-order valence-electron chi connectivity index (χ4n) is 2.46. The molecule has 4 nitrogen and oxygen atoms in total. The van der Waals surface area contributed by atoms with Crippen molar-refractivity contribution in [1.82, 2.24) is 9.97 Å². The summed E-state index contributed by atoms with van der Waals surface area (Å²) in [7, 11) is 0. The first-order chi connectivity index (χ1) is 9.15. The zero-order valence-corrected chi connectivity index (χ0v) is 12.2. The van der Waals surface area contributed by atoms with E-state index in [1.54, 1.807) is 11.3 Å². The molecule has 0 saturated heterocycles. The molecule has 0 atom stereocenters. The summed E-state index contributed by atoms with van der Waals surface area (Å²) in [4.78, 5) is 22.2. The molecule has 2 aromatic heterocycles. The highest BCUT2D eigenvalue weighted by Gasteiger charge is 2.21. The summed E-state index contributed by atoms with van der Waals surface area (Å²) < 4.78 is 0. The maximum Gasteiger partial charge on any atom is 0.313 e. The van der Waals surface area contributed by atoms with E-state index in [1.165, 1.54) is 35.0 Å². The van der Waals surface area contributed by atoms with Crippen molar-refractivity contribution in [3.8, 4) is 0 Å². The zero-order chi connectivity index (χ0) is 13.4. The summed E-state index contributed by atoms with van der Waals surface area (Å²) in [5.74, 6) is -0.0339. The molecule has 6 heteroatoms. The molecule has 0 spiro atoms. The Labute approximate surface area is 119 Å². The number of fused-ring (bicyclic) bond motifs is 3. The van der Waals surface area contributed by atoms with Crippen LogP contribution in [-0.2, 0) is 17.6 Å². The van der Waals surface area contributed by atoms with Crippen LogP contribution in [0.1, 0.15) is 29.1 Å². The number of hydrogen-bond donors (Lipinski definition) is 1. The Bertz CT molecular complexity index is 652. The second-order valence-corrected chi connectivity index (χ2v) is 6.70. The van der Waals surface area contributed by atoms with Gasteiger partial charge in [0.15, 0.2) is 0 Å². The van der Waals surface area contributed by atoms with Crippen molar-refractivity contribution in [3.63, 3.8) is 0 Å². The molecule has 0 bridgehead atoms. The first kappa shape index (κ1) is 12.9. The Kier molecular flexibility index (Phi) is 3.45. The molecular weight excluding hydrogens is 280 g/mol. The van der Waals surface area contributed by atoms with Gasteiger partial charge in [0.05, 0.1) is 5.75 Å². The largest absolute Gasteiger partial charge is 0.481 e. The minimum absolute atomic E-state index is 0.0518. The average molecular weight is 294 g/mol. The highest BCUT2D eigenvalue weighted by Crippen LogP contribution is 2.39. The topological polar surface area (TPSA) is 63.1 Å². The van der Waals surface area contributed by atoms with E-state index >= 15 is 0 Å².